The van der Waals surface area contributed by atoms with E-state index in [2.05, 4.69) is 36.4 Å². The molecule has 0 aliphatic heterocycles. The number of nitrogens with one attached hydrogen (secondary N) is 1. The highest BCUT2D eigenvalue weighted by Crippen LogP contribution is 2.35. The summed E-state index contributed by atoms with van der Waals surface area (Å²) >= 11 is 1.62. The number of thiazole rings is 1. The van der Waals surface area contributed by atoms with Crippen molar-refractivity contribution >= 4 is 16.5 Å². The highest BCUT2D eigenvalue weighted by molar-refractivity contribution is 7.16. The first-order valence-electron chi connectivity index (χ1n) is 5.25. The first kappa shape index (κ1) is 11.1. The molecule has 0 unspecified atom stereocenters. The Morgan fingerprint density at radius 1 is 1.25 bits per heavy atom. The van der Waals surface area contributed by atoms with Crippen LogP contribution >= 0.6 is 11.3 Å². The fourth-order valence-electron chi connectivity index (χ4n) is 1.59. The highest BCUT2D eigenvalue weighted by atomic mass is 32.1. The van der Waals surface area contributed by atoms with Gasteiger partial charge in [0, 0.05) is 10.4 Å². The largest absolute Gasteiger partial charge is 0.300 e. The lowest BCUT2D eigenvalue weighted by atomic mass is 10.1. The number of hydrogen-bond donors (Lipinski definition) is 2. The van der Waals surface area contributed by atoms with Gasteiger partial charge in [0.05, 0.1) is 5.69 Å². The van der Waals surface area contributed by atoms with E-state index in [0.717, 1.165) is 16.4 Å². The topological polar surface area (TPSA) is 50.9 Å². The lowest BCUT2D eigenvalue weighted by Gasteiger charge is -2.04. The maximum absolute atomic E-state index is 5.41. The summed E-state index contributed by atoms with van der Waals surface area (Å²) in [5.74, 6) is 5.86. The van der Waals surface area contributed by atoms with Gasteiger partial charge in [0.25, 0.3) is 0 Å². The molecule has 1 aromatic carbocycles. The number of nitrogens with zero attached hydrogens (tertiary/aromatic N) is 1. The molecule has 0 spiro atoms. The molecule has 3 nitrogen and oxygen atoms in total. The smallest absolute Gasteiger partial charge is 0.197 e. The van der Waals surface area contributed by atoms with Crippen LogP contribution in [0.4, 0.5) is 5.13 Å². The summed E-state index contributed by atoms with van der Waals surface area (Å²) in [4.78, 5) is 5.77. The van der Waals surface area contributed by atoms with E-state index in [1.54, 1.807) is 11.3 Å². The molecule has 0 bridgehead atoms. The summed E-state index contributed by atoms with van der Waals surface area (Å²) < 4.78 is 0. The number of rotatable bonds is 3. The van der Waals surface area contributed by atoms with Gasteiger partial charge in [-0.15, -0.1) is 0 Å². The molecule has 0 saturated carbocycles. The van der Waals surface area contributed by atoms with Crippen LogP contribution in [0.3, 0.4) is 0 Å². The number of nitrogens with two attached hydrogens (primary N) is 1. The maximum Gasteiger partial charge on any atom is 0.197 e. The van der Waals surface area contributed by atoms with E-state index in [1.807, 2.05) is 18.2 Å². The van der Waals surface area contributed by atoms with Crippen molar-refractivity contribution < 1.29 is 0 Å². The zero-order chi connectivity index (χ0) is 11.5. The van der Waals surface area contributed by atoms with E-state index in [0.29, 0.717) is 5.92 Å². The molecule has 0 saturated heterocycles. The molecule has 0 atom stereocenters. The van der Waals surface area contributed by atoms with Crippen molar-refractivity contribution in [1.82, 2.24) is 4.98 Å². The SMILES string of the molecule is CC(C)c1sc(NN)nc1-c1ccccc1. The molecule has 0 amide bonds. The van der Waals surface area contributed by atoms with Gasteiger partial charge in [-0.1, -0.05) is 55.5 Å². The van der Waals surface area contributed by atoms with Crippen molar-refractivity contribution in [3.8, 4) is 11.3 Å². The number of hydrogen-bond acceptors (Lipinski definition) is 4. The number of aromatic nitrogens is 1. The van der Waals surface area contributed by atoms with Gasteiger partial charge in [0.1, 0.15) is 0 Å². The second kappa shape index (κ2) is 4.63. The Hall–Kier alpha value is -1.39. The van der Waals surface area contributed by atoms with Gasteiger partial charge >= 0.3 is 0 Å². The standard InChI is InChI=1S/C12H15N3S/c1-8(2)11-10(14-12(15-13)16-11)9-6-4-3-5-7-9/h3-8H,13H2,1-2H3,(H,14,15). The molecular weight excluding hydrogens is 218 g/mol. The van der Waals surface area contributed by atoms with Crippen molar-refractivity contribution in [2.45, 2.75) is 19.8 Å². The van der Waals surface area contributed by atoms with E-state index >= 15 is 0 Å². The summed E-state index contributed by atoms with van der Waals surface area (Å²) in [6, 6.07) is 10.2. The van der Waals surface area contributed by atoms with Crippen LogP contribution in [0.5, 0.6) is 0 Å². The number of hydrazine groups is 1. The molecule has 84 valence electrons. The minimum atomic E-state index is 0.454. The predicted octanol–water partition coefficient (Wildman–Crippen LogP) is 3.22. The first-order chi connectivity index (χ1) is 7.72. The van der Waals surface area contributed by atoms with Crippen LogP contribution in [-0.4, -0.2) is 4.98 Å². The average molecular weight is 233 g/mol. The molecule has 0 aliphatic rings. The number of anilines is 1. The molecule has 1 aromatic heterocycles. The zero-order valence-electron chi connectivity index (χ0n) is 9.40. The average Bonchev–Trinajstić information content (AvgIpc) is 2.74. The minimum Gasteiger partial charge on any atom is -0.300 e. The Morgan fingerprint density at radius 3 is 2.50 bits per heavy atom. The van der Waals surface area contributed by atoms with E-state index in [9.17, 15) is 0 Å². The van der Waals surface area contributed by atoms with Crippen molar-refractivity contribution in [1.29, 1.82) is 0 Å². The Bertz CT molecular complexity index is 462. The van der Waals surface area contributed by atoms with Crippen LogP contribution in [0.25, 0.3) is 11.3 Å². The maximum atomic E-state index is 5.41. The third-order valence-electron chi connectivity index (χ3n) is 2.35. The summed E-state index contributed by atoms with van der Waals surface area (Å²) in [6.07, 6.45) is 0. The van der Waals surface area contributed by atoms with Crippen LogP contribution < -0.4 is 11.3 Å². The Kier molecular flexibility index (Phi) is 3.22. The fourth-order valence-corrected chi connectivity index (χ4v) is 2.49. The quantitative estimate of drug-likeness (QED) is 0.632. The summed E-state index contributed by atoms with van der Waals surface area (Å²) in [5.41, 5.74) is 4.80. The van der Waals surface area contributed by atoms with Crippen molar-refractivity contribution in [2.24, 2.45) is 5.84 Å². The Balaban J connectivity index is 2.51. The lowest BCUT2D eigenvalue weighted by molar-refractivity contribution is 0.888. The third-order valence-corrected chi connectivity index (χ3v) is 3.64. The van der Waals surface area contributed by atoms with E-state index in [4.69, 9.17) is 5.84 Å². The summed E-state index contributed by atoms with van der Waals surface area (Å²) in [5, 5.41) is 0.766. The van der Waals surface area contributed by atoms with Gasteiger partial charge in [-0.2, -0.15) is 0 Å². The lowest BCUT2D eigenvalue weighted by Crippen LogP contribution is -2.05. The van der Waals surface area contributed by atoms with Crippen LogP contribution in [0.2, 0.25) is 0 Å². The van der Waals surface area contributed by atoms with E-state index < -0.39 is 0 Å². The first-order valence-corrected chi connectivity index (χ1v) is 6.06. The Morgan fingerprint density at radius 2 is 1.94 bits per heavy atom. The fraction of sp³-hybridized carbons (Fsp3) is 0.250. The van der Waals surface area contributed by atoms with Gasteiger partial charge in [0.2, 0.25) is 0 Å². The van der Waals surface area contributed by atoms with Crippen LogP contribution in [0, 0.1) is 0 Å². The molecular formula is C12H15N3S. The summed E-state index contributed by atoms with van der Waals surface area (Å²) in [7, 11) is 0. The van der Waals surface area contributed by atoms with Gasteiger partial charge < -0.3 is 0 Å². The van der Waals surface area contributed by atoms with Gasteiger partial charge in [0.15, 0.2) is 5.13 Å². The molecule has 0 radical (unpaired) electrons. The zero-order valence-corrected chi connectivity index (χ0v) is 10.2. The number of benzene rings is 1. The molecule has 4 heteroatoms. The van der Waals surface area contributed by atoms with Crippen molar-refractivity contribution in [2.75, 3.05) is 5.43 Å². The van der Waals surface area contributed by atoms with E-state index in [-0.39, 0.29) is 0 Å². The van der Waals surface area contributed by atoms with Crippen molar-refractivity contribution in [3.63, 3.8) is 0 Å². The van der Waals surface area contributed by atoms with Crippen LogP contribution in [0.15, 0.2) is 30.3 Å². The normalized spacial score (nSPS) is 10.8. The van der Waals surface area contributed by atoms with Crippen LogP contribution in [0.1, 0.15) is 24.6 Å². The molecule has 0 aliphatic carbocycles. The molecule has 0 fully saturated rings. The second-order valence-corrected chi connectivity index (χ2v) is 4.93. The van der Waals surface area contributed by atoms with Gasteiger partial charge in [-0.25, -0.2) is 10.8 Å². The molecule has 16 heavy (non-hydrogen) atoms. The second-order valence-electron chi connectivity index (χ2n) is 3.90. The third kappa shape index (κ3) is 2.08. The minimum absolute atomic E-state index is 0.454. The molecule has 1 heterocycles. The van der Waals surface area contributed by atoms with E-state index in [1.165, 1.54) is 4.88 Å². The number of nitrogen functional groups attached to an aromatic ring is 1. The van der Waals surface area contributed by atoms with Crippen molar-refractivity contribution in [3.05, 3.63) is 35.2 Å². The monoisotopic (exact) mass is 233 g/mol. The van der Waals surface area contributed by atoms with Gasteiger partial charge in [-0.05, 0) is 5.92 Å². The molecule has 2 rings (SSSR count). The van der Waals surface area contributed by atoms with Crippen LogP contribution in [-0.2, 0) is 0 Å². The highest BCUT2D eigenvalue weighted by Gasteiger charge is 2.14. The predicted molar refractivity (Wildman–Crippen MR) is 69.4 cm³/mol. The molecule has 2 aromatic rings. The summed E-state index contributed by atoms with van der Waals surface area (Å²) in [6.45, 7) is 4.33. The Labute approximate surface area is 99.3 Å². The molecule has 3 N–H and O–H groups in total. The van der Waals surface area contributed by atoms with Gasteiger partial charge in [-0.3, -0.25) is 5.43 Å².